The van der Waals surface area contributed by atoms with Gasteiger partial charge in [-0.05, 0) is 30.7 Å². The Morgan fingerprint density at radius 3 is 2.52 bits per heavy atom. The smallest absolute Gasteiger partial charge is 0.322 e. The number of hydrogen-bond donors (Lipinski definition) is 1. The van der Waals surface area contributed by atoms with Crippen LogP contribution < -0.4 is 5.73 Å². The molecule has 3 nitrogen and oxygen atoms in total. The normalized spacial score (nSPS) is 13.7. The summed E-state index contributed by atoms with van der Waals surface area (Å²) in [6.07, 6.45) is 5.99. The maximum atomic E-state index is 11.9. The predicted octanol–water partition coefficient (Wildman–Crippen LogP) is 3.71. The number of ether oxygens (including phenoxy) is 1. The van der Waals surface area contributed by atoms with Crippen molar-refractivity contribution in [1.29, 1.82) is 0 Å². The molecule has 1 rings (SSSR count). The van der Waals surface area contributed by atoms with E-state index in [1.165, 1.54) is 18.4 Å². The Hall–Kier alpha value is -1.35. The van der Waals surface area contributed by atoms with Gasteiger partial charge in [0.05, 0.1) is 6.61 Å². The summed E-state index contributed by atoms with van der Waals surface area (Å²) >= 11 is 0. The molecule has 0 heterocycles. The lowest BCUT2D eigenvalue weighted by Gasteiger charge is -2.17. The third kappa shape index (κ3) is 7.28. The van der Waals surface area contributed by atoms with E-state index in [4.69, 9.17) is 10.5 Å². The highest BCUT2D eigenvalue weighted by atomic mass is 16.5. The van der Waals surface area contributed by atoms with Gasteiger partial charge in [0.1, 0.15) is 6.04 Å². The molecule has 0 aliphatic rings. The average Bonchev–Trinajstić information content (AvgIpc) is 2.53. The Kier molecular flexibility index (Phi) is 8.76. The molecule has 0 bridgehead atoms. The zero-order chi connectivity index (χ0) is 15.5. The molecule has 1 aromatic carbocycles. The van der Waals surface area contributed by atoms with Crippen molar-refractivity contribution in [3.05, 3.63) is 35.9 Å². The van der Waals surface area contributed by atoms with Crippen molar-refractivity contribution in [1.82, 2.24) is 0 Å². The Bertz CT molecular complexity index is 391. The van der Waals surface area contributed by atoms with Crippen LogP contribution in [0.25, 0.3) is 0 Å². The van der Waals surface area contributed by atoms with Crippen LogP contribution in [-0.4, -0.2) is 18.6 Å². The Labute approximate surface area is 128 Å². The molecule has 0 aliphatic heterocycles. The van der Waals surface area contributed by atoms with Gasteiger partial charge in [-0.15, -0.1) is 0 Å². The number of rotatable bonds is 10. The third-order valence-corrected chi connectivity index (χ3v) is 3.89. The summed E-state index contributed by atoms with van der Waals surface area (Å²) in [5.74, 6) is 0.205. The van der Waals surface area contributed by atoms with E-state index < -0.39 is 6.04 Å². The highest BCUT2D eigenvalue weighted by molar-refractivity contribution is 5.75. The first-order chi connectivity index (χ1) is 10.2. The van der Waals surface area contributed by atoms with E-state index in [1.54, 1.807) is 0 Å². The predicted molar refractivity (Wildman–Crippen MR) is 87.0 cm³/mol. The minimum Gasteiger partial charge on any atom is -0.464 e. The molecule has 0 spiro atoms. The van der Waals surface area contributed by atoms with Gasteiger partial charge in [0.15, 0.2) is 0 Å². The summed E-state index contributed by atoms with van der Waals surface area (Å²) < 4.78 is 5.38. The average molecular weight is 291 g/mol. The molecule has 2 unspecified atom stereocenters. The second-order valence-electron chi connectivity index (χ2n) is 5.68. The van der Waals surface area contributed by atoms with Crippen LogP contribution in [0.5, 0.6) is 0 Å². The van der Waals surface area contributed by atoms with Gasteiger partial charge < -0.3 is 10.5 Å². The van der Waals surface area contributed by atoms with E-state index in [1.807, 2.05) is 18.2 Å². The summed E-state index contributed by atoms with van der Waals surface area (Å²) in [6, 6.07) is 9.57. The molecule has 0 radical (unpaired) electrons. The molecule has 118 valence electrons. The highest BCUT2D eigenvalue weighted by Crippen LogP contribution is 2.13. The van der Waals surface area contributed by atoms with Crippen molar-refractivity contribution in [3.8, 4) is 0 Å². The van der Waals surface area contributed by atoms with Gasteiger partial charge in [-0.3, -0.25) is 4.79 Å². The van der Waals surface area contributed by atoms with E-state index in [9.17, 15) is 4.79 Å². The van der Waals surface area contributed by atoms with Crippen molar-refractivity contribution >= 4 is 5.97 Å². The van der Waals surface area contributed by atoms with Crippen LogP contribution in [0, 0.1) is 5.92 Å². The van der Waals surface area contributed by atoms with Crippen LogP contribution in [-0.2, 0) is 16.0 Å². The van der Waals surface area contributed by atoms with Crippen LogP contribution in [0.1, 0.15) is 51.5 Å². The lowest BCUT2D eigenvalue weighted by molar-refractivity contribution is -0.146. The highest BCUT2D eigenvalue weighted by Gasteiger charge is 2.17. The van der Waals surface area contributed by atoms with Crippen LogP contribution in [0.4, 0.5) is 0 Å². The summed E-state index contributed by atoms with van der Waals surface area (Å²) in [4.78, 5) is 11.9. The van der Waals surface area contributed by atoms with Crippen molar-refractivity contribution in [2.75, 3.05) is 6.61 Å². The second kappa shape index (κ2) is 10.4. The molecule has 0 aromatic heterocycles. The first-order valence-corrected chi connectivity index (χ1v) is 8.13. The number of esters is 1. The van der Waals surface area contributed by atoms with Crippen LogP contribution in [0.2, 0.25) is 0 Å². The van der Waals surface area contributed by atoms with E-state index in [0.29, 0.717) is 18.9 Å². The molecule has 2 atom stereocenters. The number of hydrogen-bond acceptors (Lipinski definition) is 3. The Morgan fingerprint density at radius 2 is 1.90 bits per heavy atom. The topological polar surface area (TPSA) is 52.3 Å². The van der Waals surface area contributed by atoms with Gasteiger partial charge in [0.2, 0.25) is 0 Å². The summed E-state index contributed by atoms with van der Waals surface area (Å²) in [5.41, 5.74) is 7.12. The Morgan fingerprint density at radius 1 is 1.19 bits per heavy atom. The van der Waals surface area contributed by atoms with Crippen LogP contribution >= 0.6 is 0 Å². The summed E-state index contributed by atoms with van der Waals surface area (Å²) in [5, 5.41) is 0. The standard InChI is InChI=1S/C18H29NO2/c1-3-5-9-15(4-2)14-21-18(20)17(19)13-12-16-10-7-6-8-11-16/h6-8,10-11,15,17H,3-5,9,12-14,19H2,1-2H3. The van der Waals surface area contributed by atoms with Gasteiger partial charge in [0.25, 0.3) is 0 Å². The maximum absolute atomic E-state index is 11.9. The fourth-order valence-electron chi connectivity index (χ4n) is 2.29. The second-order valence-corrected chi connectivity index (χ2v) is 5.68. The van der Waals surface area contributed by atoms with Gasteiger partial charge in [-0.2, -0.15) is 0 Å². The molecule has 0 amide bonds. The molecule has 0 saturated carbocycles. The first-order valence-electron chi connectivity index (χ1n) is 8.13. The van der Waals surface area contributed by atoms with Gasteiger partial charge >= 0.3 is 5.97 Å². The molecule has 1 aromatic rings. The van der Waals surface area contributed by atoms with Gasteiger partial charge in [-0.25, -0.2) is 0 Å². The number of aryl methyl sites for hydroxylation is 1. The van der Waals surface area contributed by atoms with Crippen LogP contribution in [0.3, 0.4) is 0 Å². The zero-order valence-corrected chi connectivity index (χ0v) is 13.4. The lowest BCUT2D eigenvalue weighted by Crippen LogP contribution is -2.33. The molecule has 0 aliphatic carbocycles. The van der Waals surface area contributed by atoms with E-state index in [0.717, 1.165) is 19.3 Å². The fourth-order valence-corrected chi connectivity index (χ4v) is 2.29. The lowest BCUT2D eigenvalue weighted by atomic mass is 10.0. The first kappa shape index (κ1) is 17.7. The van der Waals surface area contributed by atoms with Crippen molar-refractivity contribution < 1.29 is 9.53 Å². The monoisotopic (exact) mass is 291 g/mol. The van der Waals surface area contributed by atoms with E-state index in [2.05, 4.69) is 26.0 Å². The third-order valence-electron chi connectivity index (χ3n) is 3.89. The van der Waals surface area contributed by atoms with Gasteiger partial charge in [0, 0.05) is 0 Å². The molecule has 0 saturated heterocycles. The largest absolute Gasteiger partial charge is 0.464 e. The SMILES string of the molecule is CCCCC(CC)COC(=O)C(N)CCc1ccccc1. The number of carbonyl (C=O) groups is 1. The Balaban J connectivity index is 2.27. The number of unbranched alkanes of at least 4 members (excludes halogenated alkanes) is 1. The van der Waals surface area contributed by atoms with Crippen molar-refractivity contribution in [2.45, 2.75) is 58.4 Å². The molecule has 21 heavy (non-hydrogen) atoms. The molecule has 3 heteroatoms. The molecular weight excluding hydrogens is 262 g/mol. The molecule has 0 fully saturated rings. The minimum atomic E-state index is -0.520. The van der Waals surface area contributed by atoms with Crippen molar-refractivity contribution in [2.24, 2.45) is 11.7 Å². The van der Waals surface area contributed by atoms with Gasteiger partial charge in [-0.1, -0.05) is 63.4 Å². The quantitative estimate of drug-likeness (QED) is 0.669. The number of benzene rings is 1. The fraction of sp³-hybridized carbons (Fsp3) is 0.611. The van der Waals surface area contributed by atoms with Crippen LogP contribution in [0.15, 0.2) is 30.3 Å². The molecular formula is C18H29NO2. The maximum Gasteiger partial charge on any atom is 0.322 e. The minimum absolute atomic E-state index is 0.263. The molecule has 2 N–H and O–H groups in total. The summed E-state index contributed by atoms with van der Waals surface area (Å²) in [7, 11) is 0. The zero-order valence-electron chi connectivity index (χ0n) is 13.4. The number of nitrogens with two attached hydrogens (primary N) is 1. The summed E-state index contributed by atoms with van der Waals surface area (Å²) in [6.45, 7) is 4.83. The van der Waals surface area contributed by atoms with E-state index >= 15 is 0 Å². The number of carbonyl (C=O) groups excluding carboxylic acids is 1. The van der Waals surface area contributed by atoms with E-state index in [-0.39, 0.29) is 5.97 Å². The van der Waals surface area contributed by atoms with Crippen molar-refractivity contribution in [3.63, 3.8) is 0 Å².